The second-order valence-corrected chi connectivity index (χ2v) is 5.60. The quantitative estimate of drug-likeness (QED) is 0.749. The topological polar surface area (TPSA) is 116 Å². The number of ether oxygens (including phenoxy) is 1. The number of nitrogens with two attached hydrogens (primary N) is 1. The third-order valence-electron chi connectivity index (χ3n) is 3.95. The average molecular weight is 337 g/mol. The van der Waals surface area contributed by atoms with E-state index >= 15 is 0 Å². The van der Waals surface area contributed by atoms with Crippen LogP contribution in [0.5, 0.6) is 5.75 Å². The molecule has 0 spiro atoms. The first-order chi connectivity index (χ1) is 12.1. The molecule has 0 fully saturated rings. The summed E-state index contributed by atoms with van der Waals surface area (Å²) in [5, 5.41) is 2.89. The highest BCUT2D eigenvalue weighted by atomic mass is 16.5. The Labute approximate surface area is 143 Å². The molecule has 0 bridgehead atoms. The number of nitrogens with zero attached hydrogens (tertiary/aromatic N) is 3. The van der Waals surface area contributed by atoms with Crippen molar-refractivity contribution >= 4 is 11.7 Å². The normalized spacial score (nSPS) is 15.5. The number of fused-ring (bicyclic) bond motifs is 1. The Hall–Kier alpha value is -3.42. The van der Waals surface area contributed by atoms with Crippen LogP contribution in [0.2, 0.25) is 0 Å². The monoisotopic (exact) mass is 337 g/mol. The van der Waals surface area contributed by atoms with Gasteiger partial charge in [-0.2, -0.15) is 0 Å². The van der Waals surface area contributed by atoms with Gasteiger partial charge in [-0.3, -0.25) is 4.79 Å². The molecule has 2 aromatic heterocycles. The summed E-state index contributed by atoms with van der Waals surface area (Å²) in [6.07, 6.45) is 2.94. The molecular weight excluding hydrogens is 322 g/mol. The molecule has 8 nitrogen and oxygen atoms in total. The first kappa shape index (κ1) is 15.1. The van der Waals surface area contributed by atoms with Crippen LogP contribution in [0.4, 0.5) is 5.82 Å². The van der Waals surface area contributed by atoms with Gasteiger partial charge in [-0.05, 0) is 13.0 Å². The molecule has 0 saturated carbocycles. The summed E-state index contributed by atoms with van der Waals surface area (Å²) in [4.78, 5) is 25.1. The Bertz CT molecular complexity index is 939. The van der Waals surface area contributed by atoms with Gasteiger partial charge in [-0.25, -0.2) is 15.0 Å². The minimum absolute atomic E-state index is 0.0171. The van der Waals surface area contributed by atoms with Gasteiger partial charge in [0.05, 0.1) is 17.9 Å². The number of carbonyl (C=O) groups excluding carboxylic acids is 1. The molecular formula is C17H15N5O3. The highest BCUT2D eigenvalue weighted by molar-refractivity contribution is 5.97. The predicted molar refractivity (Wildman–Crippen MR) is 88.8 cm³/mol. The third-order valence-corrected chi connectivity index (χ3v) is 3.95. The molecule has 8 heteroatoms. The van der Waals surface area contributed by atoms with E-state index < -0.39 is 5.91 Å². The van der Waals surface area contributed by atoms with Crippen LogP contribution in [-0.2, 0) is 0 Å². The molecule has 1 amide bonds. The van der Waals surface area contributed by atoms with Gasteiger partial charge in [0, 0.05) is 5.56 Å². The molecule has 0 saturated heterocycles. The van der Waals surface area contributed by atoms with E-state index in [9.17, 15) is 4.79 Å². The highest BCUT2D eigenvalue weighted by Gasteiger charge is 2.27. The van der Waals surface area contributed by atoms with Gasteiger partial charge in [0.25, 0.3) is 5.91 Å². The van der Waals surface area contributed by atoms with Crippen LogP contribution in [0.3, 0.4) is 0 Å². The summed E-state index contributed by atoms with van der Waals surface area (Å²) in [5.74, 6) is 0.685. The molecule has 0 unspecified atom stereocenters. The number of hydrogen-bond donors (Lipinski definition) is 2. The fourth-order valence-corrected chi connectivity index (χ4v) is 2.75. The lowest BCUT2D eigenvalue weighted by Crippen LogP contribution is -2.31. The lowest BCUT2D eigenvalue weighted by molar-refractivity contribution is 0.0925. The number of para-hydroxylation sites is 1. The van der Waals surface area contributed by atoms with Crippen LogP contribution >= 0.6 is 0 Å². The lowest BCUT2D eigenvalue weighted by atomic mass is 10.1. The molecule has 0 aliphatic carbocycles. The van der Waals surface area contributed by atoms with Crippen LogP contribution in [-0.4, -0.2) is 27.5 Å². The largest absolute Gasteiger partial charge is 0.491 e. The number of benzene rings is 1. The van der Waals surface area contributed by atoms with Crippen molar-refractivity contribution < 1.29 is 13.9 Å². The van der Waals surface area contributed by atoms with Gasteiger partial charge >= 0.3 is 0 Å². The molecule has 1 atom stereocenters. The average Bonchev–Trinajstić information content (AvgIpc) is 3.27. The van der Waals surface area contributed by atoms with Crippen molar-refractivity contribution in [2.24, 2.45) is 0 Å². The Balaban J connectivity index is 1.60. The van der Waals surface area contributed by atoms with Crippen molar-refractivity contribution in [1.29, 1.82) is 0 Å². The standard InChI is InChI=1S/C17H15N5O3/c1-9-13(17-19-6-7-24-17)22-15(18)14(20-9)16(23)21-11-8-25-12-5-3-2-4-10(11)12/h2-7,11H,8H2,1H3,(H2,18,22)(H,21,23)/t11-/m1/s1. The highest BCUT2D eigenvalue weighted by Crippen LogP contribution is 2.32. The number of rotatable bonds is 3. The maximum atomic E-state index is 12.6. The number of amides is 1. The van der Waals surface area contributed by atoms with E-state index in [-0.39, 0.29) is 17.6 Å². The van der Waals surface area contributed by atoms with E-state index in [2.05, 4.69) is 20.3 Å². The van der Waals surface area contributed by atoms with Crippen molar-refractivity contribution in [3.63, 3.8) is 0 Å². The zero-order valence-corrected chi connectivity index (χ0v) is 13.4. The fourth-order valence-electron chi connectivity index (χ4n) is 2.75. The molecule has 1 aromatic carbocycles. The van der Waals surface area contributed by atoms with Crippen LogP contribution in [0.25, 0.3) is 11.6 Å². The Morgan fingerprint density at radius 3 is 2.96 bits per heavy atom. The third kappa shape index (κ3) is 2.67. The van der Waals surface area contributed by atoms with E-state index in [0.717, 1.165) is 11.3 Å². The molecule has 3 N–H and O–H groups in total. The number of aromatic nitrogens is 3. The molecule has 25 heavy (non-hydrogen) atoms. The van der Waals surface area contributed by atoms with Crippen molar-refractivity contribution in [2.45, 2.75) is 13.0 Å². The molecule has 3 aromatic rings. The first-order valence-corrected chi connectivity index (χ1v) is 7.70. The first-order valence-electron chi connectivity index (χ1n) is 7.70. The van der Waals surface area contributed by atoms with Gasteiger partial charge in [-0.1, -0.05) is 18.2 Å². The van der Waals surface area contributed by atoms with Crippen LogP contribution < -0.4 is 15.8 Å². The smallest absolute Gasteiger partial charge is 0.274 e. The minimum Gasteiger partial charge on any atom is -0.491 e. The van der Waals surface area contributed by atoms with Crippen LogP contribution in [0, 0.1) is 6.92 Å². The second kappa shape index (κ2) is 5.90. The number of oxazole rings is 1. The number of anilines is 1. The van der Waals surface area contributed by atoms with Gasteiger partial charge < -0.3 is 20.2 Å². The van der Waals surface area contributed by atoms with Gasteiger partial charge in [0.1, 0.15) is 24.3 Å². The molecule has 4 rings (SSSR count). The fraction of sp³-hybridized carbons (Fsp3) is 0.176. The maximum absolute atomic E-state index is 12.6. The Morgan fingerprint density at radius 1 is 1.32 bits per heavy atom. The summed E-state index contributed by atoms with van der Waals surface area (Å²) in [6, 6.07) is 7.31. The van der Waals surface area contributed by atoms with E-state index in [0.29, 0.717) is 23.9 Å². The molecule has 0 radical (unpaired) electrons. The molecule has 126 valence electrons. The molecule has 3 heterocycles. The van der Waals surface area contributed by atoms with Crippen LogP contribution in [0.1, 0.15) is 27.8 Å². The number of nitrogen functional groups attached to an aromatic ring is 1. The Morgan fingerprint density at radius 2 is 2.16 bits per heavy atom. The van der Waals surface area contributed by atoms with Crippen molar-refractivity contribution in [1.82, 2.24) is 20.3 Å². The van der Waals surface area contributed by atoms with Crippen molar-refractivity contribution in [2.75, 3.05) is 12.3 Å². The zero-order valence-electron chi connectivity index (χ0n) is 13.4. The van der Waals surface area contributed by atoms with Gasteiger partial charge in [0.15, 0.2) is 11.5 Å². The summed E-state index contributed by atoms with van der Waals surface area (Å²) in [7, 11) is 0. The Kier molecular flexibility index (Phi) is 3.57. The summed E-state index contributed by atoms with van der Waals surface area (Å²) in [5.41, 5.74) is 7.84. The number of nitrogens with one attached hydrogen (secondary N) is 1. The summed E-state index contributed by atoms with van der Waals surface area (Å²) >= 11 is 0. The SMILES string of the molecule is Cc1nc(C(=O)N[C@@H]2COc3ccccc32)c(N)nc1-c1ncco1. The number of aryl methyl sites for hydroxylation is 1. The van der Waals surface area contributed by atoms with E-state index in [1.54, 1.807) is 6.92 Å². The predicted octanol–water partition coefficient (Wildman–Crippen LogP) is 1.89. The van der Waals surface area contributed by atoms with E-state index in [1.165, 1.54) is 12.5 Å². The van der Waals surface area contributed by atoms with E-state index in [4.69, 9.17) is 14.9 Å². The maximum Gasteiger partial charge on any atom is 0.274 e. The molecule has 1 aliphatic rings. The minimum atomic E-state index is -0.405. The summed E-state index contributed by atoms with van der Waals surface area (Å²) in [6.45, 7) is 2.09. The van der Waals surface area contributed by atoms with Gasteiger partial charge in [0.2, 0.25) is 5.89 Å². The second-order valence-electron chi connectivity index (χ2n) is 5.60. The van der Waals surface area contributed by atoms with Gasteiger partial charge in [-0.15, -0.1) is 0 Å². The zero-order chi connectivity index (χ0) is 17.4. The number of hydrogen-bond acceptors (Lipinski definition) is 7. The van der Waals surface area contributed by atoms with Crippen molar-refractivity contribution in [3.8, 4) is 17.3 Å². The summed E-state index contributed by atoms with van der Waals surface area (Å²) < 4.78 is 10.8. The molecule has 1 aliphatic heterocycles. The lowest BCUT2D eigenvalue weighted by Gasteiger charge is -2.13. The van der Waals surface area contributed by atoms with Crippen LogP contribution in [0.15, 0.2) is 41.1 Å². The number of carbonyl (C=O) groups is 1. The van der Waals surface area contributed by atoms with Crippen molar-refractivity contribution in [3.05, 3.63) is 53.7 Å². The van der Waals surface area contributed by atoms with E-state index in [1.807, 2.05) is 24.3 Å².